The van der Waals surface area contributed by atoms with Gasteiger partial charge in [0.15, 0.2) is 0 Å². The number of hydrogen-bond donors (Lipinski definition) is 1. The molecule has 1 unspecified atom stereocenters. The molecule has 1 N–H and O–H groups in total. The van der Waals surface area contributed by atoms with Gasteiger partial charge in [0.05, 0.1) is 17.5 Å². The molecule has 0 saturated carbocycles. The third kappa shape index (κ3) is 3.61. The van der Waals surface area contributed by atoms with E-state index in [1.54, 1.807) is 12.1 Å². The van der Waals surface area contributed by atoms with Crippen molar-refractivity contribution in [2.24, 2.45) is 0 Å². The average Bonchev–Trinajstić information content (AvgIpc) is 2.87. The lowest BCUT2D eigenvalue weighted by molar-refractivity contribution is 0.193. The van der Waals surface area contributed by atoms with E-state index in [9.17, 15) is 9.50 Å². The predicted octanol–water partition coefficient (Wildman–Crippen LogP) is 3.24. The van der Waals surface area contributed by atoms with E-state index in [1.807, 2.05) is 17.7 Å². The van der Waals surface area contributed by atoms with Crippen LogP contribution in [0.15, 0.2) is 24.3 Å². The van der Waals surface area contributed by atoms with Crippen LogP contribution in [0, 0.1) is 5.82 Å². The van der Waals surface area contributed by atoms with Crippen LogP contribution < -0.4 is 4.74 Å². The zero-order chi connectivity index (χ0) is 15.4. The first kappa shape index (κ1) is 15.5. The summed E-state index contributed by atoms with van der Waals surface area (Å²) in [6, 6.07) is 6.52. The van der Waals surface area contributed by atoms with Gasteiger partial charge in [-0.3, -0.25) is 4.68 Å². The Bertz CT molecular complexity index is 608. The quantitative estimate of drug-likeness (QED) is 0.889. The normalized spacial score (nSPS) is 12.4. The monoisotopic (exact) mass is 292 g/mol. The Morgan fingerprint density at radius 2 is 2.10 bits per heavy atom. The third-order valence-corrected chi connectivity index (χ3v) is 3.38. The lowest BCUT2D eigenvalue weighted by Crippen LogP contribution is -2.06. The van der Waals surface area contributed by atoms with Crippen LogP contribution in [0.25, 0.3) is 0 Å². The standard InChI is InChI=1S/C16H21FN2O2/c1-4-12-8-13(19(5-2)18-12)10-21-14-6-7-15(11(3)20)16(17)9-14/h6-9,11,20H,4-5,10H2,1-3H3. The van der Waals surface area contributed by atoms with Gasteiger partial charge in [-0.25, -0.2) is 4.39 Å². The van der Waals surface area contributed by atoms with Crippen molar-refractivity contribution in [1.29, 1.82) is 0 Å². The number of nitrogens with zero attached hydrogens (tertiary/aromatic N) is 2. The Balaban J connectivity index is 2.09. The number of aliphatic hydroxyl groups is 1. The molecule has 0 aliphatic carbocycles. The molecule has 0 aliphatic heterocycles. The van der Waals surface area contributed by atoms with Crippen LogP contribution in [0.4, 0.5) is 4.39 Å². The molecule has 1 atom stereocenters. The van der Waals surface area contributed by atoms with Gasteiger partial charge < -0.3 is 9.84 Å². The summed E-state index contributed by atoms with van der Waals surface area (Å²) in [5, 5.41) is 13.9. The highest BCUT2D eigenvalue weighted by Gasteiger charge is 2.10. The molecule has 2 aromatic rings. The van der Waals surface area contributed by atoms with E-state index < -0.39 is 11.9 Å². The van der Waals surface area contributed by atoms with Crippen LogP contribution in [0.1, 0.15) is 43.8 Å². The molecule has 0 radical (unpaired) electrons. The molecule has 1 heterocycles. The van der Waals surface area contributed by atoms with Crippen molar-refractivity contribution in [3.05, 3.63) is 47.0 Å². The fraction of sp³-hybridized carbons (Fsp3) is 0.438. The van der Waals surface area contributed by atoms with E-state index in [2.05, 4.69) is 12.0 Å². The van der Waals surface area contributed by atoms with Gasteiger partial charge in [0.2, 0.25) is 0 Å². The lowest BCUT2D eigenvalue weighted by Gasteiger charge is -2.10. The van der Waals surface area contributed by atoms with Gasteiger partial charge in [0, 0.05) is 18.2 Å². The van der Waals surface area contributed by atoms with Crippen LogP contribution in [0.3, 0.4) is 0 Å². The van der Waals surface area contributed by atoms with Crippen LogP contribution in [0.5, 0.6) is 5.75 Å². The maximum absolute atomic E-state index is 13.8. The van der Waals surface area contributed by atoms with Gasteiger partial charge >= 0.3 is 0 Å². The SMILES string of the molecule is CCc1cc(COc2ccc(C(C)O)c(F)c2)n(CC)n1. The highest BCUT2D eigenvalue weighted by molar-refractivity contribution is 5.30. The third-order valence-electron chi connectivity index (χ3n) is 3.38. The van der Waals surface area contributed by atoms with Crippen molar-refractivity contribution < 1.29 is 14.2 Å². The highest BCUT2D eigenvalue weighted by atomic mass is 19.1. The first-order chi connectivity index (χ1) is 10.0. The largest absolute Gasteiger partial charge is 0.487 e. The molecule has 1 aromatic heterocycles. The molecule has 2 rings (SSSR count). The second kappa shape index (κ2) is 6.72. The average molecular weight is 292 g/mol. The van der Waals surface area contributed by atoms with E-state index in [0.29, 0.717) is 12.4 Å². The fourth-order valence-corrected chi connectivity index (χ4v) is 2.17. The maximum atomic E-state index is 13.8. The van der Waals surface area contributed by atoms with Crippen molar-refractivity contribution in [2.45, 2.75) is 46.4 Å². The maximum Gasteiger partial charge on any atom is 0.132 e. The van der Waals surface area contributed by atoms with Crippen LogP contribution in [0.2, 0.25) is 0 Å². The molecule has 0 amide bonds. The molecule has 1 aromatic carbocycles. The van der Waals surface area contributed by atoms with Gasteiger partial charge in [0.1, 0.15) is 18.2 Å². The molecule has 0 spiro atoms. The Labute approximate surface area is 124 Å². The van der Waals surface area contributed by atoms with Gasteiger partial charge in [-0.1, -0.05) is 6.92 Å². The van der Waals surface area contributed by atoms with Gasteiger partial charge in [-0.05, 0) is 38.5 Å². The van der Waals surface area contributed by atoms with Gasteiger partial charge in [-0.15, -0.1) is 0 Å². The number of ether oxygens (including phenoxy) is 1. The first-order valence-electron chi connectivity index (χ1n) is 7.21. The smallest absolute Gasteiger partial charge is 0.132 e. The number of rotatable bonds is 6. The van der Waals surface area contributed by atoms with Crippen molar-refractivity contribution in [2.75, 3.05) is 0 Å². The van der Waals surface area contributed by atoms with E-state index in [4.69, 9.17) is 4.74 Å². The number of benzene rings is 1. The number of aliphatic hydroxyl groups excluding tert-OH is 1. The van der Waals surface area contributed by atoms with Crippen molar-refractivity contribution in [3.63, 3.8) is 0 Å². The first-order valence-corrected chi connectivity index (χ1v) is 7.21. The van der Waals surface area contributed by atoms with Crippen molar-refractivity contribution in [3.8, 4) is 5.75 Å². The Hall–Kier alpha value is -1.88. The molecular weight excluding hydrogens is 271 g/mol. The predicted molar refractivity (Wildman–Crippen MR) is 78.6 cm³/mol. The van der Waals surface area contributed by atoms with Crippen LogP contribution >= 0.6 is 0 Å². The molecule has 0 aliphatic rings. The zero-order valence-corrected chi connectivity index (χ0v) is 12.6. The summed E-state index contributed by atoms with van der Waals surface area (Å²) in [6.07, 6.45) is 0.0465. The van der Waals surface area contributed by atoms with Crippen LogP contribution in [-0.2, 0) is 19.6 Å². The minimum Gasteiger partial charge on any atom is -0.487 e. The van der Waals surface area contributed by atoms with Gasteiger partial charge in [-0.2, -0.15) is 5.10 Å². The molecule has 0 saturated heterocycles. The summed E-state index contributed by atoms with van der Waals surface area (Å²) in [5.74, 6) is -0.0143. The molecule has 0 bridgehead atoms. The molecule has 5 heteroatoms. The Kier molecular flexibility index (Phi) is 4.96. The minimum absolute atomic E-state index is 0.272. The van der Waals surface area contributed by atoms with Crippen molar-refractivity contribution >= 4 is 0 Å². The lowest BCUT2D eigenvalue weighted by atomic mass is 10.1. The summed E-state index contributed by atoms with van der Waals surface area (Å²) in [5.41, 5.74) is 2.26. The number of hydrogen-bond acceptors (Lipinski definition) is 3. The molecule has 21 heavy (non-hydrogen) atoms. The minimum atomic E-state index is -0.826. The van der Waals surface area contributed by atoms with Gasteiger partial charge in [0.25, 0.3) is 0 Å². The fourth-order valence-electron chi connectivity index (χ4n) is 2.17. The summed E-state index contributed by atoms with van der Waals surface area (Å²) in [7, 11) is 0. The summed E-state index contributed by atoms with van der Waals surface area (Å²) < 4.78 is 21.3. The zero-order valence-electron chi connectivity index (χ0n) is 12.6. The number of aromatic nitrogens is 2. The second-order valence-electron chi connectivity index (χ2n) is 4.94. The Morgan fingerprint density at radius 1 is 1.33 bits per heavy atom. The topological polar surface area (TPSA) is 47.3 Å². The van der Waals surface area contributed by atoms with Crippen molar-refractivity contribution in [1.82, 2.24) is 9.78 Å². The Morgan fingerprint density at radius 3 is 2.67 bits per heavy atom. The molecule has 4 nitrogen and oxygen atoms in total. The molecule has 114 valence electrons. The number of halogens is 1. The van der Waals surface area contributed by atoms with E-state index in [-0.39, 0.29) is 5.56 Å². The number of aryl methyl sites for hydroxylation is 2. The van der Waals surface area contributed by atoms with E-state index >= 15 is 0 Å². The molecular formula is C16H21FN2O2. The summed E-state index contributed by atoms with van der Waals surface area (Å²) >= 11 is 0. The summed E-state index contributed by atoms with van der Waals surface area (Å²) in [4.78, 5) is 0. The second-order valence-corrected chi connectivity index (χ2v) is 4.94. The highest BCUT2D eigenvalue weighted by Crippen LogP contribution is 2.22. The van der Waals surface area contributed by atoms with E-state index in [0.717, 1.165) is 24.4 Å². The van der Waals surface area contributed by atoms with Crippen LogP contribution in [-0.4, -0.2) is 14.9 Å². The van der Waals surface area contributed by atoms with E-state index in [1.165, 1.54) is 13.0 Å². The summed E-state index contributed by atoms with van der Waals surface area (Å²) in [6.45, 7) is 6.72. The molecule has 0 fully saturated rings.